The lowest BCUT2D eigenvalue weighted by molar-refractivity contribution is 0.0366. The predicted molar refractivity (Wildman–Crippen MR) is 108 cm³/mol. The van der Waals surface area contributed by atoms with Crippen molar-refractivity contribution < 1.29 is 17.5 Å². The van der Waals surface area contributed by atoms with Gasteiger partial charge in [-0.1, -0.05) is 12.1 Å². The second-order valence-corrected chi connectivity index (χ2v) is 9.58. The largest absolute Gasteiger partial charge is 0.379 e. The van der Waals surface area contributed by atoms with Crippen molar-refractivity contribution in [2.45, 2.75) is 18.9 Å². The molecule has 6 nitrogen and oxygen atoms in total. The Morgan fingerprint density at radius 3 is 2.74 bits per heavy atom. The third-order valence-corrected chi connectivity index (χ3v) is 7.09. The first-order valence-electron chi connectivity index (χ1n) is 9.27. The highest BCUT2D eigenvalue weighted by atomic mass is 32.2. The Bertz CT molecular complexity index is 754. The Balaban J connectivity index is 1.63. The predicted octanol–water partition coefficient (Wildman–Crippen LogP) is 1.73. The minimum absolute atomic E-state index is 0.101. The number of nitrogens with zero attached hydrogens (tertiary/aromatic N) is 2. The van der Waals surface area contributed by atoms with Crippen molar-refractivity contribution in [3.8, 4) is 0 Å². The lowest BCUT2D eigenvalue weighted by atomic mass is 10.2. The number of hydrogen-bond donors (Lipinski definition) is 1. The van der Waals surface area contributed by atoms with Crippen LogP contribution in [0.3, 0.4) is 0 Å². The van der Waals surface area contributed by atoms with Crippen LogP contribution in [0.15, 0.2) is 24.3 Å². The van der Waals surface area contributed by atoms with Crippen molar-refractivity contribution in [3.63, 3.8) is 0 Å². The molecule has 0 bridgehead atoms. The highest BCUT2D eigenvalue weighted by Crippen LogP contribution is 2.21. The molecule has 2 heterocycles. The Morgan fingerprint density at radius 2 is 2.07 bits per heavy atom. The summed E-state index contributed by atoms with van der Waals surface area (Å²) < 4.78 is 43.2. The summed E-state index contributed by atoms with van der Waals surface area (Å²) >= 11 is 5.52. The first-order valence-corrected chi connectivity index (χ1v) is 11.5. The number of benzene rings is 1. The molecule has 2 fully saturated rings. The average molecular weight is 416 g/mol. The molecular formula is C18H26FN3O3S2. The summed E-state index contributed by atoms with van der Waals surface area (Å²) in [7, 11) is -3.03. The molecule has 1 N–H and O–H groups in total. The molecule has 0 radical (unpaired) electrons. The average Bonchev–Trinajstić information content (AvgIpc) is 3.01. The number of halogens is 1. The maximum atomic E-state index is 14.0. The second-order valence-electron chi connectivity index (χ2n) is 6.97. The van der Waals surface area contributed by atoms with Crippen LogP contribution in [-0.4, -0.2) is 80.3 Å². The molecule has 27 heavy (non-hydrogen) atoms. The number of thiocarbonyl (C=S) groups is 1. The molecule has 0 unspecified atom stereocenters. The first kappa shape index (κ1) is 20.4. The summed E-state index contributed by atoms with van der Waals surface area (Å²) in [4.78, 5) is 4.26. The smallest absolute Gasteiger partial charge is 0.173 e. The summed E-state index contributed by atoms with van der Waals surface area (Å²) in [5.41, 5.74) is 0.307. The number of hydrogen-bond acceptors (Lipinski definition) is 5. The molecule has 1 aromatic carbocycles. The highest BCUT2D eigenvalue weighted by molar-refractivity contribution is 7.91. The zero-order valence-corrected chi connectivity index (χ0v) is 16.9. The molecule has 150 valence electrons. The van der Waals surface area contributed by atoms with E-state index in [9.17, 15) is 12.8 Å². The summed E-state index contributed by atoms with van der Waals surface area (Å²) in [6.07, 6.45) is 1.41. The Labute approximate surface area is 165 Å². The number of anilines is 1. The quantitative estimate of drug-likeness (QED) is 0.710. The van der Waals surface area contributed by atoms with Gasteiger partial charge < -0.3 is 15.0 Å². The van der Waals surface area contributed by atoms with Crippen LogP contribution in [0.25, 0.3) is 0 Å². The lowest BCUT2D eigenvalue weighted by Gasteiger charge is -2.33. The molecule has 2 saturated heterocycles. The van der Waals surface area contributed by atoms with Crippen molar-refractivity contribution in [3.05, 3.63) is 30.1 Å². The molecular weight excluding hydrogens is 389 g/mol. The van der Waals surface area contributed by atoms with Gasteiger partial charge in [0.05, 0.1) is 30.4 Å². The standard InChI is InChI=1S/C18H26FN3O3S2/c19-16-4-1-2-5-17(16)20-18(26)22(15-6-13-27(23,24)14-15)8-3-7-21-9-11-25-12-10-21/h1-2,4-5,15H,3,6-14H2,(H,20,26)/t15-/m1/s1. The molecule has 1 aromatic rings. The van der Waals surface area contributed by atoms with Crippen molar-refractivity contribution >= 4 is 32.9 Å². The van der Waals surface area contributed by atoms with E-state index in [1.807, 2.05) is 4.90 Å². The van der Waals surface area contributed by atoms with Crippen LogP contribution in [0.1, 0.15) is 12.8 Å². The number of rotatable bonds is 6. The van der Waals surface area contributed by atoms with E-state index < -0.39 is 9.84 Å². The van der Waals surface area contributed by atoms with Gasteiger partial charge in [0.15, 0.2) is 14.9 Å². The van der Waals surface area contributed by atoms with E-state index in [0.717, 1.165) is 39.3 Å². The van der Waals surface area contributed by atoms with Crippen LogP contribution in [0, 0.1) is 5.82 Å². The van der Waals surface area contributed by atoms with Gasteiger partial charge in [0.25, 0.3) is 0 Å². The fraction of sp³-hybridized carbons (Fsp3) is 0.611. The summed E-state index contributed by atoms with van der Waals surface area (Å²) in [6, 6.07) is 6.18. The van der Waals surface area contributed by atoms with Crippen molar-refractivity contribution in [1.29, 1.82) is 0 Å². The molecule has 0 spiro atoms. The molecule has 0 aromatic heterocycles. The van der Waals surface area contributed by atoms with E-state index in [-0.39, 0.29) is 23.4 Å². The third kappa shape index (κ3) is 5.84. The van der Waals surface area contributed by atoms with Gasteiger partial charge >= 0.3 is 0 Å². The number of morpholine rings is 1. The molecule has 0 aliphatic carbocycles. The van der Waals surface area contributed by atoms with Gasteiger partial charge in [-0.25, -0.2) is 12.8 Å². The minimum atomic E-state index is -3.03. The van der Waals surface area contributed by atoms with Crippen molar-refractivity contribution in [2.75, 3.05) is 56.2 Å². The van der Waals surface area contributed by atoms with Gasteiger partial charge in [0.2, 0.25) is 0 Å². The molecule has 2 aliphatic heterocycles. The molecule has 1 atom stereocenters. The first-order chi connectivity index (χ1) is 12.9. The van der Waals surface area contributed by atoms with Crippen molar-refractivity contribution in [2.24, 2.45) is 0 Å². The van der Waals surface area contributed by atoms with Crippen LogP contribution in [0.5, 0.6) is 0 Å². The normalized spacial score (nSPS) is 22.5. The van der Waals surface area contributed by atoms with Crippen LogP contribution in [0.2, 0.25) is 0 Å². The molecule has 3 rings (SSSR count). The molecule has 0 amide bonds. The zero-order valence-electron chi connectivity index (χ0n) is 15.3. The summed E-state index contributed by atoms with van der Waals surface area (Å²) in [5, 5.41) is 3.34. The van der Waals surface area contributed by atoms with Gasteiger partial charge in [-0.3, -0.25) is 4.90 Å². The van der Waals surface area contributed by atoms with Gasteiger partial charge in [0, 0.05) is 32.2 Å². The molecule has 2 aliphatic rings. The van der Waals surface area contributed by atoms with Crippen LogP contribution >= 0.6 is 12.2 Å². The zero-order chi connectivity index (χ0) is 19.3. The summed E-state index contributed by atoms with van der Waals surface area (Å²) in [5.74, 6) is -0.101. The van der Waals surface area contributed by atoms with E-state index in [1.165, 1.54) is 6.07 Å². The Kier molecular flexibility index (Phi) is 7.02. The maximum absolute atomic E-state index is 14.0. The van der Waals surface area contributed by atoms with Crippen LogP contribution < -0.4 is 5.32 Å². The Morgan fingerprint density at radius 1 is 1.33 bits per heavy atom. The minimum Gasteiger partial charge on any atom is -0.379 e. The maximum Gasteiger partial charge on any atom is 0.173 e. The van der Waals surface area contributed by atoms with Crippen LogP contribution in [0.4, 0.5) is 10.1 Å². The fourth-order valence-corrected chi connectivity index (χ4v) is 5.59. The molecule has 0 saturated carbocycles. The van der Waals surface area contributed by atoms with Gasteiger partial charge in [-0.2, -0.15) is 0 Å². The fourth-order valence-electron chi connectivity index (χ4n) is 3.51. The van der Waals surface area contributed by atoms with E-state index in [0.29, 0.717) is 23.8 Å². The van der Waals surface area contributed by atoms with Gasteiger partial charge in [0.1, 0.15) is 5.82 Å². The SMILES string of the molecule is O=S1(=O)CC[C@@H](N(CCCN2CCOCC2)C(=S)Nc2ccccc2F)C1. The van der Waals surface area contributed by atoms with Gasteiger partial charge in [-0.05, 0) is 37.2 Å². The summed E-state index contributed by atoms with van der Waals surface area (Å²) in [6.45, 7) is 4.86. The van der Waals surface area contributed by atoms with E-state index in [1.54, 1.807) is 18.2 Å². The van der Waals surface area contributed by atoms with E-state index in [2.05, 4.69) is 10.2 Å². The van der Waals surface area contributed by atoms with E-state index >= 15 is 0 Å². The number of para-hydroxylation sites is 1. The van der Waals surface area contributed by atoms with Gasteiger partial charge in [-0.15, -0.1) is 0 Å². The van der Waals surface area contributed by atoms with Crippen molar-refractivity contribution in [1.82, 2.24) is 9.80 Å². The lowest BCUT2D eigenvalue weighted by Crippen LogP contribution is -2.45. The number of ether oxygens (including phenoxy) is 1. The Hall–Kier alpha value is -1.29. The number of nitrogens with one attached hydrogen (secondary N) is 1. The van der Waals surface area contributed by atoms with E-state index in [4.69, 9.17) is 17.0 Å². The second kappa shape index (κ2) is 9.27. The monoisotopic (exact) mass is 415 g/mol. The highest BCUT2D eigenvalue weighted by Gasteiger charge is 2.33. The van der Waals surface area contributed by atoms with Crippen LogP contribution in [-0.2, 0) is 14.6 Å². The number of sulfone groups is 1. The third-order valence-electron chi connectivity index (χ3n) is 5.00. The topological polar surface area (TPSA) is 61.9 Å². The molecule has 9 heteroatoms.